The van der Waals surface area contributed by atoms with Crippen LogP contribution in [0.2, 0.25) is 0 Å². The van der Waals surface area contributed by atoms with E-state index in [1.165, 1.54) is 24.6 Å². The summed E-state index contributed by atoms with van der Waals surface area (Å²) in [6.45, 7) is 0.221. The molecule has 25 heavy (non-hydrogen) atoms. The summed E-state index contributed by atoms with van der Waals surface area (Å²) < 4.78 is 12.5. The minimum Gasteiger partial charge on any atom is -0.454 e. The van der Waals surface area contributed by atoms with E-state index in [1.807, 2.05) is 4.68 Å². The topological polar surface area (TPSA) is 91.2 Å². The van der Waals surface area contributed by atoms with Crippen LogP contribution in [0.1, 0.15) is 38.1 Å². The molecule has 0 radical (unpaired) electrons. The third kappa shape index (κ3) is 3.71. The molecular weight excluding hydrogens is 342 g/mol. The van der Waals surface area contributed by atoms with E-state index in [9.17, 15) is 4.79 Å². The molecule has 4 rings (SSSR count). The van der Waals surface area contributed by atoms with E-state index in [2.05, 4.69) is 20.8 Å². The van der Waals surface area contributed by atoms with Gasteiger partial charge < -0.3 is 14.8 Å². The molecule has 2 aliphatic rings. The van der Waals surface area contributed by atoms with Gasteiger partial charge in [0.15, 0.2) is 11.5 Å². The summed E-state index contributed by atoms with van der Waals surface area (Å²) in [5, 5.41) is 15.6. The molecular formula is C16H19N5O3S. The Labute approximate surface area is 149 Å². The number of amides is 1. The van der Waals surface area contributed by atoms with Gasteiger partial charge in [-0.2, -0.15) is 0 Å². The first-order chi connectivity index (χ1) is 12.3. The molecule has 1 amide bonds. The number of aromatic nitrogens is 4. The van der Waals surface area contributed by atoms with Crippen molar-refractivity contribution >= 4 is 23.4 Å². The van der Waals surface area contributed by atoms with Gasteiger partial charge in [0.05, 0.1) is 6.04 Å². The van der Waals surface area contributed by atoms with Crippen molar-refractivity contribution in [2.45, 2.75) is 43.3 Å². The van der Waals surface area contributed by atoms with Gasteiger partial charge in [-0.05, 0) is 35.4 Å². The maximum Gasteiger partial charge on any atom is 0.231 e. The first kappa shape index (κ1) is 16.2. The fourth-order valence-corrected chi connectivity index (χ4v) is 3.97. The number of ether oxygens (including phenoxy) is 2. The van der Waals surface area contributed by atoms with Crippen molar-refractivity contribution in [2.75, 3.05) is 17.9 Å². The van der Waals surface area contributed by atoms with Crippen molar-refractivity contribution in [3.05, 3.63) is 18.2 Å². The number of anilines is 1. The van der Waals surface area contributed by atoms with Gasteiger partial charge in [0, 0.05) is 23.9 Å². The summed E-state index contributed by atoms with van der Waals surface area (Å²) in [5.74, 6) is 1.94. The Morgan fingerprint density at radius 2 is 2.12 bits per heavy atom. The maximum absolute atomic E-state index is 12.1. The van der Waals surface area contributed by atoms with Crippen LogP contribution < -0.4 is 14.8 Å². The normalized spacial score (nSPS) is 16.3. The third-order valence-corrected chi connectivity index (χ3v) is 5.28. The molecule has 0 unspecified atom stereocenters. The van der Waals surface area contributed by atoms with Crippen LogP contribution >= 0.6 is 11.8 Å². The molecule has 2 aromatic rings. The van der Waals surface area contributed by atoms with Crippen LogP contribution in [0.3, 0.4) is 0 Å². The van der Waals surface area contributed by atoms with E-state index in [0.717, 1.165) is 18.0 Å². The van der Waals surface area contributed by atoms with Gasteiger partial charge in [-0.1, -0.05) is 24.6 Å². The molecule has 8 nitrogen and oxygen atoms in total. The van der Waals surface area contributed by atoms with Gasteiger partial charge in [0.1, 0.15) is 0 Å². The molecule has 1 N–H and O–H groups in total. The summed E-state index contributed by atoms with van der Waals surface area (Å²) >= 11 is 1.52. The van der Waals surface area contributed by atoms with Crippen molar-refractivity contribution in [3.63, 3.8) is 0 Å². The van der Waals surface area contributed by atoms with Crippen LogP contribution in [-0.4, -0.2) is 38.7 Å². The SMILES string of the molecule is O=C(CCSc1nnnn1C1CCCC1)Nc1ccc2c(c1)OCO2. The quantitative estimate of drug-likeness (QED) is 0.791. The summed E-state index contributed by atoms with van der Waals surface area (Å²) in [7, 11) is 0. The van der Waals surface area contributed by atoms with E-state index in [4.69, 9.17) is 9.47 Å². The summed E-state index contributed by atoms with van der Waals surface area (Å²) in [6, 6.07) is 5.77. The number of carbonyl (C=O) groups is 1. The number of benzene rings is 1. The van der Waals surface area contributed by atoms with E-state index in [1.54, 1.807) is 18.2 Å². The minimum absolute atomic E-state index is 0.0498. The molecule has 2 heterocycles. The van der Waals surface area contributed by atoms with E-state index in [-0.39, 0.29) is 12.7 Å². The van der Waals surface area contributed by atoms with Crippen molar-refractivity contribution in [3.8, 4) is 11.5 Å². The minimum atomic E-state index is -0.0498. The second kappa shape index (κ2) is 7.30. The van der Waals surface area contributed by atoms with E-state index < -0.39 is 0 Å². The number of hydrogen-bond acceptors (Lipinski definition) is 7. The largest absolute Gasteiger partial charge is 0.454 e. The number of nitrogens with zero attached hydrogens (tertiary/aromatic N) is 4. The summed E-state index contributed by atoms with van der Waals surface area (Å²) in [4.78, 5) is 12.1. The van der Waals surface area contributed by atoms with Crippen molar-refractivity contribution in [2.24, 2.45) is 0 Å². The average molecular weight is 361 g/mol. The Balaban J connectivity index is 1.27. The first-order valence-corrected chi connectivity index (χ1v) is 9.38. The van der Waals surface area contributed by atoms with Crippen molar-refractivity contribution in [1.29, 1.82) is 0 Å². The number of tetrazole rings is 1. The smallest absolute Gasteiger partial charge is 0.231 e. The van der Waals surface area contributed by atoms with Crippen LogP contribution in [0.5, 0.6) is 11.5 Å². The van der Waals surface area contributed by atoms with Gasteiger partial charge in [0.2, 0.25) is 17.9 Å². The highest BCUT2D eigenvalue weighted by Gasteiger charge is 2.21. The standard InChI is InChI=1S/C16H19N5O3S/c22-15(17-11-5-6-13-14(9-11)24-10-23-13)7-8-25-16-18-19-20-21(16)12-3-1-2-4-12/h5-6,9,12H,1-4,7-8,10H2,(H,17,22). The van der Waals surface area contributed by atoms with Crippen molar-refractivity contribution in [1.82, 2.24) is 20.2 Å². The summed E-state index contributed by atoms with van der Waals surface area (Å²) in [6.07, 6.45) is 5.10. The van der Waals surface area contributed by atoms with Gasteiger partial charge in [-0.15, -0.1) is 5.10 Å². The summed E-state index contributed by atoms with van der Waals surface area (Å²) in [5.41, 5.74) is 0.704. The average Bonchev–Trinajstić information content (AvgIpc) is 3.35. The molecule has 9 heteroatoms. The molecule has 0 saturated heterocycles. The number of rotatable bonds is 6. The molecule has 1 saturated carbocycles. The molecule has 0 spiro atoms. The van der Waals surface area contributed by atoms with Crippen LogP contribution in [-0.2, 0) is 4.79 Å². The second-order valence-electron chi connectivity index (χ2n) is 6.06. The molecule has 1 aliphatic heterocycles. The number of nitrogens with one attached hydrogen (secondary N) is 1. The Hall–Kier alpha value is -2.29. The Bertz CT molecular complexity index is 760. The number of fused-ring (bicyclic) bond motifs is 1. The Morgan fingerprint density at radius 1 is 1.28 bits per heavy atom. The van der Waals surface area contributed by atoms with Crippen LogP contribution in [0, 0.1) is 0 Å². The molecule has 0 atom stereocenters. The molecule has 132 valence electrons. The second-order valence-corrected chi connectivity index (χ2v) is 7.12. The zero-order valence-electron chi connectivity index (χ0n) is 13.7. The van der Waals surface area contributed by atoms with Crippen molar-refractivity contribution < 1.29 is 14.3 Å². The Kier molecular flexibility index (Phi) is 4.73. The van der Waals surface area contributed by atoms with Gasteiger partial charge >= 0.3 is 0 Å². The van der Waals surface area contributed by atoms with Gasteiger partial charge in [0.25, 0.3) is 0 Å². The maximum atomic E-state index is 12.1. The number of carbonyl (C=O) groups excluding carboxylic acids is 1. The zero-order chi connectivity index (χ0) is 17.1. The third-order valence-electron chi connectivity index (χ3n) is 4.35. The van der Waals surface area contributed by atoms with Crippen LogP contribution in [0.25, 0.3) is 0 Å². The predicted molar refractivity (Wildman–Crippen MR) is 91.9 cm³/mol. The highest BCUT2D eigenvalue weighted by Crippen LogP contribution is 2.34. The molecule has 1 aromatic heterocycles. The number of thioether (sulfide) groups is 1. The Morgan fingerprint density at radius 3 is 3.00 bits per heavy atom. The fraction of sp³-hybridized carbons (Fsp3) is 0.500. The lowest BCUT2D eigenvalue weighted by Crippen LogP contribution is -2.13. The molecule has 1 aromatic carbocycles. The molecule has 1 aliphatic carbocycles. The zero-order valence-corrected chi connectivity index (χ0v) is 14.5. The van der Waals surface area contributed by atoms with E-state index in [0.29, 0.717) is 35.4 Å². The van der Waals surface area contributed by atoms with Gasteiger partial charge in [-0.25, -0.2) is 4.68 Å². The van der Waals surface area contributed by atoms with E-state index >= 15 is 0 Å². The van der Waals surface area contributed by atoms with Crippen LogP contribution in [0.15, 0.2) is 23.4 Å². The monoisotopic (exact) mass is 361 g/mol. The fourth-order valence-electron chi connectivity index (χ4n) is 3.09. The van der Waals surface area contributed by atoms with Gasteiger partial charge in [-0.3, -0.25) is 4.79 Å². The number of hydrogen-bond donors (Lipinski definition) is 1. The predicted octanol–water partition coefficient (Wildman–Crippen LogP) is 2.64. The molecule has 1 fully saturated rings. The molecule has 0 bridgehead atoms. The lowest BCUT2D eigenvalue weighted by atomic mass is 10.2. The lowest BCUT2D eigenvalue weighted by molar-refractivity contribution is -0.115. The highest BCUT2D eigenvalue weighted by atomic mass is 32.2. The highest BCUT2D eigenvalue weighted by molar-refractivity contribution is 7.99. The lowest BCUT2D eigenvalue weighted by Gasteiger charge is -2.10. The first-order valence-electron chi connectivity index (χ1n) is 8.40. The van der Waals surface area contributed by atoms with Crippen LogP contribution in [0.4, 0.5) is 5.69 Å².